The van der Waals surface area contributed by atoms with Crippen molar-refractivity contribution in [3.05, 3.63) is 12.2 Å². The summed E-state index contributed by atoms with van der Waals surface area (Å²) in [5.74, 6) is -0.784. The summed E-state index contributed by atoms with van der Waals surface area (Å²) in [5, 5.41) is 29.9. The van der Waals surface area contributed by atoms with E-state index in [0.717, 1.165) is 0 Å². The number of carbonyl (C=O) groups is 2. The van der Waals surface area contributed by atoms with Crippen molar-refractivity contribution in [3.63, 3.8) is 0 Å². The van der Waals surface area contributed by atoms with Gasteiger partial charge in [0, 0.05) is 7.05 Å². The van der Waals surface area contributed by atoms with Gasteiger partial charge in [-0.05, 0) is 6.92 Å². The van der Waals surface area contributed by atoms with Crippen LogP contribution < -0.4 is 10.6 Å². The van der Waals surface area contributed by atoms with E-state index in [0.29, 0.717) is 5.82 Å². The molecule has 0 unspecified atom stereocenters. The van der Waals surface area contributed by atoms with Crippen LogP contribution in [0.4, 0.5) is 4.79 Å². The Labute approximate surface area is 103 Å². The van der Waals surface area contributed by atoms with E-state index in [1.54, 1.807) is 11.6 Å². The molecule has 18 heavy (non-hydrogen) atoms. The second-order valence-electron chi connectivity index (χ2n) is 3.74. The van der Waals surface area contributed by atoms with Crippen LogP contribution in [-0.4, -0.2) is 49.1 Å². The minimum absolute atomic E-state index is 0.106. The van der Waals surface area contributed by atoms with Crippen LogP contribution in [0.1, 0.15) is 12.7 Å². The van der Waals surface area contributed by atoms with Crippen LogP contribution in [0.5, 0.6) is 0 Å². The van der Waals surface area contributed by atoms with Gasteiger partial charge in [0.05, 0.1) is 12.6 Å². The van der Waals surface area contributed by atoms with Gasteiger partial charge in [-0.2, -0.15) is 0 Å². The molecule has 100 valence electrons. The second-order valence-corrected chi connectivity index (χ2v) is 3.74. The van der Waals surface area contributed by atoms with Crippen molar-refractivity contribution in [2.45, 2.75) is 25.6 Å². The summed E-state index contributed by atoms with van der Waals surface area (Å²) in [6, 6.07) is -2.06. The Morgan fingerprint density at radius 1 is 1.56 bits per heavy atom. The lowest BCUT2D eigenvalue weighted by Crippen LogP contribution is -2.51. The van der Waals surface area contributed by atoms with E-state index in [-0.39, 0.29) is 6.54 Å². The monoisotopic (exact) mass is 257 g/mol. The molecule has 0 fully saturated rings. The Morgan fingerprint density at radius 2 is 2.22 bits per heavy atom. The fourth-order valence-corrected chi connectivity index (χ4v) is 1.21. The highest BCUT2D eigenvalue weighted by Crippen LogP contribution is 1.94. The van der Waals surface area contributed by atoms with Crippen molar-refractivity contribution in [2.75, 3.05) is 0 Å². The first-order chi connectivity index (χ1) is 8.41. The summed E-state index contributed by atoms with van der Waals surface area (Å²) in [4.78, 5) is 22.1. The number of carboxylic acid groups (broad SMARTS) is 1. The number of nitrogens with zero attached hydrogens (tertiary/aromatic N) is 3. The highest BCUT2D eigenvalue weighted by Gasteiger charge is 2.24. The van der Waals surface area contributed by atoms with E-state index in [4.69, 9.17) is 5.11 Å². The fraction of sp³-hybridized carbons (Fsp3) is 0.556. The smallest absolute Gasteiger partial charge is 0.328 e. The lowest BCUT2D eigenvalue weighted by atomic mass is 10.2. The number of hydrogen-bond donors (Lipinski definition) is 4. The second kappa shape index (κ2) is 5.96. The summed E-state index contributed by atoms with van der Waals surface area (Å²) in [6.07, 6.45) is 0.285. The zero-order valence-corrected chi connectivity index (χ0v) is 9.99. The van der Waals surface area contributed by atoms with Crippen LogP contribution in [0.25, 0.3) is 0 Å². The lowest BCUT2D eigenvalue weighted by Gasteiger charge is -2.17. The molecular formula is C9H15N5O4. The van der Waals surface area contributed by atoms with Gasteiger partial charge in [0.2, 0.25) is 0 Å². The Bertz CT molecular complexity index is 430. The van der Waals surface area contributed by atoms with Gasteiger partial charge in [-0.25, -0.2) is 9.59 Å². The molecule has 2 amide bonds. The maximum atomic E-state index is 11.4. The number of carboxylic acids is 1. The lowest BCUT2D eigenvalue weighted by molar-refractivity contribution is -0.141. The van der Waals surface area contributed by atoms with Crippen LogP contribution in [0.15, 0.2) is 6.33 Å². The van der Waals surface area contributed by atoms with E-state index in [2.05, 4.69) is 20.8 Å². The number of aliphatic hydroxyl groups is 1. The number of rotatable bonds is 5. The molecule has 1 rings (SSSR count). The van der Waals surface area contributed by atoms with Crippen molar-refractivity contribution in [1.82, 2.24) is 25.4 Å². The SMILES string of the molecule is C[C@@H](O)[C@H](NC(=O)NCc1nncn1C)C(=O)O. The molecule has 0 aromatic carbocycles. The van der Waals surface area contributed by atoms with E-state index in [9.17, 15) is 14.7 Å². The van der Waals surface area contributed by atoms with E-state index >= 15 is 0 Å². The first-order valence-corrected chi connectivity index (χ1v) is 5.20. The van der Waals surface area contributed by atoms with Crippen LogP contribution in [0, 0.1) is 0 Å². The number of aryl methyl sites for hydroxylation is 1. The van der Waals surface area contributed by atoms with Crippen molar-refractivity contribution in [2.24, 2.45) is 7.05 Å². The van der Waals surface area contributed by atoms with E-state index < -0.39 is 24.1 Å². The van der Waals surface area contributed by atoms with Gasteiger partial charge < -0.3 is 25.4 Å². The van der Waals surface area contributed by atoms with Gasteiger partial charge in [-0.15, -0.1) is 10.2 Å². The molecule has 9 heteroatoms. The summed E-state index contributed by atoms with van der Waals surface area (Å²) in [6.45, 7) is 1.39. The Kier molecular flexibility index (Phi) is 4.60. The molecular weight excluding hydrogens is 242 g/mol. The van der Waals surface area contributed by atoms with Gasteiger partial charge in [0.1, 0.15) is 6.33 Å². The van der Waals surface area contributed by atoms with Crippen molar-refractivity contribution in [1.29, 1.82) is 0 Å². The molecule has 0 aliphatic rings. The number of aromatic nitrogens is 3. The zero-order valence-electron chi connectivity index (χ0n) is 9.99. The third-order valence-electron chi connectivity index (χ3n) is 2.25. The molecule has 0 saturated heterocycles. The fourth-order valence-electron chi connectivity index (χ4n) is 1.21. The first-order valence-electron chi connectivity index (χ1n) is 5.20. The minimum atomic E-state index is -1.36. The number of aliphatic hydroxyl groups excluding tert-OH is 1. The van der Waals surface area contributed by atoms with Crippen molar-refractivity contribution in [3.8, 4) is 0 Å². The summed E-state index contributed by atoms with van der Waals surface area (Å²) in [5.41, 5.74) is 0. The van der Waals surface area contributed by atoms with Gasteiger partial charge in [-0.1, -0.05) is 0 Å². The predicted molar refractivity (Wildman–Crippen MR) is 59.5 cm³/mol. The number of carbonyl (C=O) groups excluding carboxylic acids is 1. The third-order valence-corrected chi connectivity index (χ3v) is 2.25. The number of hydrogen-bond acceptors (Lipinski definition) is 5. The molecule has 0 spiro atoms. The Morgan fingerprint density at radius 3 is 2.67 bits per heavy atom. The first kappa shape index (κ1) is 13.9. The van der Waals surface area contributed by atoms with Gasteiger partial charge >= 0.3 is 12.0 Å². The molecule has 1 aromatic heterocycles. The number of urea groups is 1. The summed E-state index contributed by atoms with van der Waals surface area (Å²) < 4.78 is 1.61. The predicted octanol–water partition coefficient (Wildman–Crippen LogP) is -1.55. The molecule has 1 aromatic rings. The van der Waals surface area contributed by atoms with E-state index in [1.807, 2.05) is 0 Å². The molecule has 0 bridgehead atoms. The number of nitrogens with one attached hydrogen (secondary N) is 2. The van der Waals surface area contributed by atoms with Crippen LogP contribution in [0.2, 0.25) is 0 Å². The highest BCUT2D eigenvalue weighted by molar-refractivity contribution is 5.82. The summed E-state index contributed by atoms with van der Waals surface area (Å²) >= 11 is 0. The molecule has 0 aliphatic carbocycles. The van der Waals surface area contributed by atoms with Crippen molar-refractivity contribution < 1.29 is 19.8 Å². The van der Waals surface area contributed by atoms with Crippen molar-refractivity contribution >= 4 is 12.0 Å². The molecule has 9 nitrogen and oxygen atoms in total. The minimum Gasteiger partial charge on any atom is -0.480 e. The molecule has 1 heterocycles. The largest absolute Gasteiger partial charge is 0.480 e. The average Bonchev–Trinajstić information content (AvgIpc) is 2.68. The van der Waals surface area contributed by atoms with Gasteiger partial charge in [0.15, 0.2) is 11.9 Å². The maximum absolute atomic E-state index is 11.4. The average molecular weight is 257 g/mol. The molecule has 2 atom stereocenters. The van der Waals surface area contributed by atoms with Gasteiger partial charge in [0.25, 0.3) is 0 Å². The quantitative estimate of drug-likeness (QED) is 0.505. The normalized spacial score (nSPS) is 13.7. The molecule has 4 N–H and O–H groups in total. The standard InChI is InChI=1S/C9H15N5O4/c1-5(15)7(8(16)17)12-9(18)10-3-6-13-11-4-14(6)2/h4-5,7,15H,3H2,1-2H3,(H,16,17)(H2,10,12,18)/t5-,7+/m1/s1. The van der Waals surface area contributed by atoms with E-state index in [1.165, 1.54) is 13.3 Å². The molecule has 0 radical (unpaired) electrons. The van der Waals surface area contributed by atoms with Crippen LogP contribution in [-0.2, 0) is 18.4 Å². The Balaban J connectivity index is 2.46. The maximum Gasteiger partial charge on any atom is 0.328 e. The molecule has 0 aliphatic heterocycles. The number of amides is 2. The Hall–Kier alpha value is -2.16. The number of aliphatic carboxylic acids is 1. The van der Waals surface area contributed by atoms with Gasteiger partial charge in [-0.3, -0.25) is 0 Å². The highest BCUT2D eigenvalue weighted by atomic mass is 16.4. The topological polar surface area (TPSA) is 129 Å². The van der Waals surface area contributed by atoms with Crippen LogP contribution in [0.3, 0.4) is 0 Å². The zero-order chi connectivity index (χ0) is 13.7. The summed E-state index contributed by atoms with van der Waals surface area (Å²) in [7, 11) is 1.71. The van der Waals surface area contributed by atoms with Crippen LogP contribution >= 0.6 is 0 Å². The molecule has 0 saturated carbocycles. The third kappa shape index (κ3) is 3.70.